The first-order valence-electron chi connectivity index (χ1n) is 7.69. The van der Waals surface area contributed by atoms with Crippen molar-refractivity contribution in [2.45, 2.75) is 38.8 Å². The summed E-state index contributed by atoms with van der Waals surface area (Å²) < 4.78 is 0. The van der Waals surface area contributed by atoms with E-state index in [1.165, 1.54) is 5.56 Å². The highest BCUT2D eigenvalue weighted by Gasteiger charge is 2.23. The first kappa shape index (κ1) is 15.5. The number of nitrogens with one attached hydrogen (secondary N) is 1. The Hall–Kier alpha value is -1.86. The number of rotatable bonds is 5. The molecule has 1 aliphatic heterocycles. The van der Waals surface area contributed by atoms with Crippen molar-refractivity contribution >= 4 is 5.91 Å². The van der Waals surface area contributed by atoms with Gasteiger partial charge in [0, 0.05) is 25.7 Å². The average Bonchev–Trinajstić information content (AvgIpc) is 2.51. The van der Waals surface area contributed by atoms with E-state index in [1.54, 1.807) is 0 Å². The molecule has 1 aliphatic rings. The lowest BCUT2D eigenvalue weighted by atomic mass is 10.0. The third-order valence-corrected chi connectivity index (χ3v) is 4.06. The van der Waals surface area contributed by atoms with Crippen molar-refractivity contribution in [3.05, 3.63) is 35.9 Å². The second-order valence-corrected chi connectivity index (χ2v) is 5.63. The molecular weight excluding hydrogens is 262 g/mol. The van der Waals surface area contributed by atoms with Crippen LogP contribution < -0.4 is 5.32 Å². The van der Waals surface area contributed by atoms with E-state index in [4.69, 9.17) is 5.26 Å². The number of carbonyl (C=O) groups is 1. The third kappa shape index (κ3) is 4.57. The summed E-state index contributed by atoms with van der Waals surface area (Å²) in [5, 5.41) is 11.9. The van der Waals surface area contributed by atoms with Crippen molar-refractivity contribution in [3.8, 4) is 6.07 Å². The highest BCUT2D eigenvalue weighted by molar-refractivity contribution is 5.81. The summed E-state index contributed by atoms with van der Waals surface area (Å²) in [5.41, 5.74) is 1.33. The predicted molar refractivity (Wildman–Crippen MR) is 82.3 cm³/mol. The maximum atomic E-state index is 11.9. The van der Waals surface area contributed by atoms with Crippen LogP contribution in [-0.2, 0) is 11.3 Å². The zero-order chi connectivity index (χ0) is 15.1. The zero-order valence-electron chi connectivity index (χ0n) is 12.6. The Morgan fingerprint density at radius 2 is 2.05 bits per heavy atom. The van der Waals surface area contributed by atoms with Gasteiger partial charge in [-0.3, -0.25) is 9.69 Å². The smallest absolute Gasteiger partial charge is 0.237 e. The molecule has 4 nitrogen and oxygen atoms in total. The number of piperidine rings is 1. The molecule has 1 atom stereocenters. The fraction of sp³-hybridized carbons (Fsp3) is 0.529. The molecule has 0 bridgehead atoms. The van der Waals surface area contributed by atoms with Gasteiger partial charge in [0.1, 0.15) is 5.92 Å². The van der Waals surface area contributed by atoms with Gasteiger partial charge in [-0.25, -0.2) is 0 Å². The Labute approximate surface area is 126 Å². The lowest BCUT2D eigenvalue weighted by Crippen LogP contribution is -2.45. The van der Waals surface area contributed by atoms with E-state index in [-0.39, 0.29) is 11.9 Å². The van der Waals surface area contributed by atoms with Crippen LogP contribution in [0.5, 0.6) is 0 Å². The fourth-order valence-electron chi connectivity index (χ4n) is 2.71. The lowest BCUT2D eigenvalue weighted by Gasteiger charge is -2.32. The Morgan fingerprint density at radius 1 is 1.38 bits per heavy atom. The quantitative estimate of drug-likeness (QED) is 0.903. The van der Waals surface area contributed by atoms with Gasteiger partial charge in [0.2, 0.25) is 5.91 Å². The van der Waals surface area contributed by atoms with Crippen LogP contribution in [-0.4, -0.2) is 29.9 Å². The first-order valence-corrected chi connectivity index (χ1v) is 7.69. The van der Waals surface area contributed by atoms with Gasteiger partial charge in [0.25, 0.3) is 0 Å². The van der Waals surface area contributed by atoms with Crippen LogP contribution in [0.4, 0.5) is 0 Å². The Kier molecular flexibility index (Phi) is 5.77. The van der Waals surface area contributed by atoms with Gasteiger partial charge < -0.3 is 5.32 Å². The van der Waals surface area contributed by atoms with Crippen LogP contribution in [0, 0.1) is 17.2 Å². The van der Waals surface area contributed by atoms with Crippen molar-refractivity contribution in [1.29, 1.82) is 5.26 Å². The van der Waals surface area contributed by atoms with Gasteiger partial charge in [-0.15, -0.1) is 0 Å². The molecule has 21 heavy (non-hydrogen) atoms. The van der Waals surface area contributed by atoms with Crippen LogP contribution in [0.1, 0.15) is 31.7 Å². The minimum atomic E-state index is -0.507. The van der Waals surface area contributed by atoms with Gasteiger partial charge >= 0.3 is 0 Å². The molecule has 1 heterocycles. The van der Waals surface area contributed by atoms with Crippen molar-refractivity contribution in [2.75, 3.05) is 13.1 Å². The summed E-state index contributed by atoms with van der Waals surface area (Å²) in [6, 6.07) is 12.7. The summed E-state index contributed by atoms with van der Waals surface area (Å²) in [6.07, 6.45) is 2.50. The molecule has 0 saturated carbocycles. The molecule has 1 fully saturated rings. The molecule has 1 saturated heterocycles. The standard InChI is InChI=1S/C17H23N3O/c1-2-15(12-18)17(21)19-16-8-10-20(11-9-16)13-14-6-4-3-5-7-14/h3-7,15-16H,2,8-11,13H2,1H3,(H,19,21). The summed E-state index contributed by atoms with van der Waals surface area (Å²) in [4.78, 5) is 14.3. The molecule has 1 N–H and O–H groups in total. The second-order valence-electron chi connectivity index (χ2n) is 5.63. The van der Waals surface area contributed by atoms with Gasteiger partial charge in [0.15, 0.2) is 0 Å². The van der Waals surface area contributed by atoms with Crippen LogP contribution >= 0.6 is 0 Å². The van der Waals surface area contributed by atoms with Crippen molar-refractivity contribution in [2.24, 2.45) is 5.92 Å². The molecular formula is C17H23N3O. The number of nitrogens with zero attached hydrogens (tertiary/aromatic N) is 2. The van der Waals surface area contributed by atoms with E-state index < -0.39 is 5.92 Å². The molecule has 2 rings (SSSR count). The SMILES string of the molecule is CCC(C#N)C(=O)NC1CCN(Cc2ccccc2)CC1. The minimum absolute atomic E-state index is 0.110. The highest BCUT2D eigenvalue weighted by atomic mass is 16.1. The number of benzene rings is 1. The molecule has 1 unspecified atom stereocenters. The Morgan fingerprint density at radius 3 is 2.62 bits per heavy atom. The maximum absolute atomic E-state index is 11.9. The largest absolute Gasteiger partial charge is 0.352 e. The number of carbonyl (C=O) groups excluding carboxylic acids is 1. The van der Waals surface area contributed by atoms with E-state index in [0.29, 0.717) is 6.42 Å². The average molecular weight is 285 g/mol. The molecule has 0 aliphatic carbocycles. The van der Waals surface area contributed by atoms with Gasteiger partial charge in [-0.2, -0.15) is 5.26 Å². The molecule has 4 heteroatoms. The molecule has 0 spiro atoms. The molecule has 1 aromatic rings. The molecule has 0 aromatic heterocycles. The van der Waals surface area contributed by atoms with Crippen molar-refractivity contribution in [1.82, 2.24) is 10.2 Å². The lowest BCUT2D eigenvalue weighted by molar-refractivity contribution is -0.124. The van der Waals surface area contributed by atoms with Crippen molar-refractivity contribution in [3.63, 3.8) is 0 Å². The summed E-state index contributed by atoms with van der Waals surface area (Å²) >= 11 is 0. The number of hydrogen-bond acceptors (Lipinski definition) is 3. The number of hydrogen-bond donors (Lipinski definition) is 1. The summed E-state index contributed by atoms with van der Waals surface area (Å²) in [6.45, 7) is 4.82. The van der Waals surface area contributed by atoms with E-state index >= 15 is 0 Å². The normalized spacial score (nSPS) is 17.9. The third-order valence-electron chi connectivity index (χ3n) is 4.06. The van der Waals surface area contributed by atoms with Gasteiger partial charge in [0.05, 0.1) is 6.07 Å². The summed E-state index contributed by atoms with van der Waals surface area (Å²) in [5.74, 6) is -0.617. The highest BCUT2D eigenvalue weighted by Crippen LogP contribution is 2.14. The second kappa shape index (κ2) is 7.80. The number of nitriles is 1. The fourth-order valence-corrected chi connectivity index (χ4v) is 2.71. The van der Waals surface area contributed by atoms with E-state index in [2.05, 4.69) is 40.6 Å². The minimum Gasteiger partial charge on any atom is -0.352 e. The topological polar surface area (TPSA) is 56.1 Å². The van der Waals surface area contributed by atoms with Crippen LogP contribution in [0.15, 0.2) is 30.3 Å². The molecule has 0 radical (unpaired) electrons. The molecule has 112 valence electrons. The van der Waals surface area contributed by atoms with E-state index in [0.717, 1.165) is 32.5 Å². The van der Waals surface area contributed by atoms with Gasteiger partial charge in [-0.05, 0) is 24.8 Å². The number of likely N-dealkylation sites (tertiary alicyclic amines) is 1. The van der Waals surface area contributed by atoms with Crippen LogP contribution in [0.3, 0.4) is 0 Å². The summed E-state index contributed by atoms with van der Waals surface area (Å²) in [7, 11) is 0. The Balaban J connectivity index is 1.76. The predicted octanol–water partition coefficient (Wildman–Crippen LogP) is 2.32. The molecule has 1 amide bonds. The van der Waals surface area contributed by atoms with E-state index in [9.17, 15) is 4.79 Å². The van der Waals surface area contributed by atoms with Crippen molar-refractivity contribution < 1.29 is 4.79 Å². The maximum Gasteiger partial charge on any atom is 0.237 e. The first-order chi connectivity index (χ1) is 10.2. The van der Waals surface area contributed by atoms with Gasteiger partial charge in [-0.1, -0.05) is 37.3 Å². The Bertz CT molecular complexity index is 487. The van der Waals surface area contributed by atoms with Crippen LogP contribution in [0.2, 0.25) is 0 Å². The van der Waals surface area contributed by atoms with Crippen LogP contribution in [0.25, 0.3) is 0 Å². The molecule has 1 aromatic carbocycles. The van der Waals surface area contributed by atoms with E-state index in [1.807, 2.05) is 13.0 Å². The number of amides is 1. The monoisotopic (exact) mass is 285 g/mol. The zero-order valence-corrected chi connectivity index (χ0v) is 12.6.